The van der Waals surface area contributed by atoms with Gasteiger partial charge in [0, 0.05) is 6.04 Å². The van der Waals surface area contributed by atoms with E-state index in [4.69, 9.17) is 34.8 Å². The van der Waals surface area contributed by atoms with Gasteiger partial charge in [-0.05, 0) is 43.4 Å². The van der Waals surface area contributed by atoms with Crippen LogP contribution in [0.3, 0.4) is 0 Å². The molecule has 1 aromatic rings. The first-order valence-corrected chi connectivity index (χ1v) is 8.99. The molecule has 1 atom stereocenters. The second-order valence-corrected chi connectivity index (χ2v) is 7.52. The summed E-state index contributed by atoms with van der Waals surface area (Å²) in [6, 6.07) is 3.96. The Balaban J connectivity index is 1.82. The molecule has 0 radical (unpaired) electrons. The average molecular weight is 349 g/mol. The molecule has 21 heavy (non-hydrogen) atoms. The standard InChI is InChI=1S/C17H24Cl3N/c1-11-3-5-13(6-4-11)9-10-21-12(2)14-7-8-15(18)17(20)16(14)19/h7-8,11-13,21H,3-6,9-10H2,1-2H3. The fourth-order valence-corrected chi connectivity index (χ4v) is 3.81. The summed E-state index contributed by atoms with van der Waals surface area (Å²) in [4.78, 5) is 0. The molecule has 1 fully saturated rings. The van der Waals surface area contributed by atoms with Crippen LogP contribution in [0.4, 0.5) is 0 Å². The highest BCUT2D eigenvalue weighted by molar-refractivity contribution is 6.48. The molecule has 4 heteroatoms. The Kier molecular flexibility index (Phi) is 6.68. The van der Waals surface area contributed by atoms with E-state index < -0.39 is 0 Å². The van der Waals surface area contributed by atoms with Crippen LogP contribution in [0.5, 0.6) is 0 Å². The summed E-state index contributed by atoms with van der Waals surface area (Å²) in [5.74, 6) is 1.80. The fourth-order valence-electron chi connectivity index (χ4n) is 3.11. The van der Waals surface area contributed by atoms with E-state index in [0.29, 0.717) is 15.1 Å². The van der Waals surface area contributed by atoms with E-state index in [1.807, 2.05) is 12.1 Å². The van der Waals surface area contributed by atoms with Gasteiger partial charge in [-0.15, -0.1) is 0 Å². The summed E-state index contributed by atoms with van der Waals surface area (Å²) in [6.07, 6.45) is 6.78. The van der Waals surface area contributed by atoms with Crippen molar-refractivity contribution < 1.29 is 0 Å². The first-order valence-electron chi connectivity index (χ1n) is 7.85. The molecule has 1 nitrogen and oxygen atoms in total. The van der Waals surface area contributed by atoms with Gasteiger partial charge >= 0.3 is 0 Å². The topological polar surface area (TPSA) is 12.0 Å². The van der Waals surface area contributed by atoms with E-state index in [1.54, 1.807) is 0 Å². The molecule has 1 N–H and O–H groups in total. The van der Waals surface area contributed by atoms with Crippen LogP contribution < -0.4 is 5.32 Å². The van der Waals surface area contributed by atoms with Crippen LogP contribution in [0, 0.1) is 11.8 Å². The van der Waals surface area contributed by atoms with Gasteiger partial charge in [-0.3, -0.25) is 0 Å². The number of hydrogen-bond donors (Lipinski definition) is 1. The highest BCUT2D eigenvalue weighted by Gasteiger charge is 2.19. The number of rotatable bonds is 5. The highest BCUT2D eigenvalue weighted by Crippen LogP contribution is 2.35. The van der Waals surface area contributed by atoms with Crippen molar-refractivity contribution >= 4 is 34.8 Å². The van der Waals surface area contributed by atoms with E-state index >= 15 is 0 Å². The first-order chi connectivity index (χ1) is 9.99. The van der Waals surface area contributed by atoms with Crippen LogP contribution in [0.2, 0.25) is 15.1 Å². The van der Waals surface area contributed by atoms with Gasteiger partial charge < -0.3 is 5.32 Å². The smallest absolute Gasteiger partial charge is 0.0781 e. The average Bonchev–Trinajstić information content (AvgIpc) is 2.47. The summed E-state index contributed by atoms with van der Waals surface area (Å²) in [5, 5.41) is 5.08. The Morgan fingerprint density at radius 2 is 1.76 bits per heavy atom. The van der Waals surface area contributed by atoms with E-state index in [2.05, 4.69) is 19.2 Å². The fraction of sp³-hybridized carbons (Fsp3) is 0.647. The summed E-state index contributed by atoms with van der Waals surface area (Å²) in [6.45, 7) is 5.51. The molecule has 1 aromatic carbocycles. The lowest BCUT2D eigenvalue weighted by atomic mass is 9.81. The minimum atomic E-state index is 0.190. The predicted octanol–water partition coefficient (Wildman–Crippen LogP) is 6.51. The maximum atomic E-state index is 6.28. The van der Waals surface area contributed by atoms with Crippen molar-refractivity contribution in [3.63, 3.8) is 0 Å². The number of hydrogen-bond acceptors (Lipinski definition) is 1. The molecule has 2 rings (SSSR count). The second kappa shape index (κ2) is 8.06. The molecule has 0 heterocycles. The molecule has 1 unspecified atom stereocenters. The minimum Gasteiger partial charge on any atom is -0.310 e. The van der Waals surface area contributed by atoms with Crippen molar-refractivity contribution in [1.29, 1.82) is 0 Å². The number of nitrogens with one attached hydrogen (secondary N) is 1. The Hall–Kier alpha value is 0.0500. The Bertz CT molecular complexity index is 467. The minimum absolute atomic E-state index is 0.190. The van der Waals surface area contributed by atoms with Crippen molar-refractivity contribution in [2.24, 2.45) is 11.8 Å². The summed E-state index contributed by atoms with van der Waals surface area (Å²) < 4.78 is 0. The monoisotopic (exact) mass is 347 g/mol. The maximum Gasteiger partial charge on any atom is 0.0781 e. The predicted molar refractivity (Wildman–Crippen MR) is 93.6 cm³/mol. The van der Waals surface area contributed by atoms with Crippen LogP contribution in [0.1, 0.15) is 57.6 Å². The summed E-state index contributed by atoms with van der Waals surface area (Å²) in [5.41, 5.74) is 1.02. The SMILES string of the molecule is CC1CCC(CCNC(C)c2ccc(Cl)c(Cl)c2Cl)CC1. The molecule has 1 aliphatic rings. The summed E-state index contributed by atoms with van der Waals surface area (Å²) in [7, 11) is 0. The van der Waals surface area contributed by atoms with Crippen LogP contribution in [-0.2, 0) is 0 Å². The Morgan fingerprint density at radius 3 is 2.43 bits per heavy atom. The molecule has 1 saturated carbocycles. The van der Waals surface area contributed by atoms with Gasteiger partial charge in [0.15, 0.2) is 0 Å². The quantitative estimate of drug-likeness (QED) is 0.598. The van der Waals surface area contributed by atoms with Crippen LogP contribution >= 0.6 is 34.8 Å². The van der Waals surface area contributed by atoms with Crippen molar-refractivity contribution in [3.8, 4) is 0 Å². The Labute approximate surface area is 143 Å². The lowest BCUT2D eigenvalue weighted by Crippen LogP contribution is -2.23. The molecular formula is C17H24Cl3N. The van der Waals surface area contributed by atoms with Crippen molar-refractivity contribution in [1.82, 2.24) is 5.32 Å². The number of benzene rings is 1. The lowest BCUT2D eigenvalue weighted by molar-refractivity contribution is 0.273. The van der Waals surface area contributed by atoms with Crippen LogP contribution in [0.25, 0.3) is 0 Å². The van der Waals surface area contributed by atoms with E-state index in [0.717, 1.165) is 23.9 Å². The van der Waals surface area contributed by atoms with Gasteiger partial charge in [-0.1, -0.05) is 73.5 Å². The van der Waals surface area contributed by atoms with Crippen molar-refractivity contribution in [3.05, 3.63) is 32.8 Å². The van der Waals surface area contributed by atoms with E-state index in [1.165, 1.54) is 32.1 Å². The van der Waals surface area contributed by atoms with Gasteiger partial charge in [0.2, 0.25) is 0 Å². The normalized spacial score (nSPS) is 24.0. The third kappa shape index (κ3) is 4.76. The summed E-state index contributed by atoms with van der Waals surface area (Å²) >= 11 is 18.4. The maximum absolute atomic E-state index is 6.28. The van der Waals surface area contributed by atoms with E-state index in [9.17, 15) is 0 Å². The molecule has 0 spiro atoms. The van der Waals surface area contributed by atoms with Gasteiger partial charge in [0.1, 0.15) is 0 Å². The molecule has 118 valence electrons. The molecule has 0 aromatic heterocycles. The van der Waals surface area contributed by atoms with Gasteiger partial charge in [0.25, 0.3) is 0 Å². The number of halogens is 3. The molecular weight excluding hydrogens is 325 g/mol. The lowest BCUT2D eigenvalue weighted by Gasteiger charge is -2.26. The van der Waals surface area contributed by atoms with Gasteiger partial charge in [-0.25, -0.2) is 0 Å². The zero-order valence-electron chi connectivity index (χ0n) is 12.8. The zero-order valence-corrected chi connectivity index (χ0v) is 15.0. The van der Waals surface area contributed by atoms with Crippen LogP contribution in [0.15, 0.2) is 12.1 Å². The largest absolute Gasteiger partial charge is 0.310 e. The third-order valence-electron chi connectivity index (χ3n) is 4.67. The highest BCUT2D eigenvalue weighted by atomic mass is 35.5. The van der Waals surface area contributed by atoms with Crippen molar-refractivity contribution in [2.75, 3.05) is 6.54 Å². The molecule has 0 saturated heterocycles. The molecule has 0 bridgehead atoms. The second-order valence-electron chi connectivity index (χ2n) is 6.35. The van der Waals surface area contributed by atoms with Crippen molar-refractivity contribution in [2.45, 2.75) is 52.0 Å². The van der Waals surface area contributed by atoms with Gasteiger partial charge in [0.05, 0.1) is 15.1 Å². The van der Waals surface area contributed by atoms with Gasteiger partial charge in [-0.2, -0.15) is 0 Å². The first kappa shape index (κ1) is 17.4. The molecule has 0 amide bonds. The Morgan fingerprint density at radius 1 is 1.10 bits per heavy atom. The third-order valence-corrected chi connectivity index (χ3v) is 5.98. The van der Waals surface area contributed by atoms with E-state index in [-0.39, 0.29) is 6.04 Å². The molecule has 1 aliphatic carbocycles. The molecule has 0 aliphatic heterocycles. The van der Waals surface area contributed by atoms with Crippen LogP contribution in [-0.4, -0.2) is 6.54 Å². The zero-order chi connectivity index (χ0) is 15.4.